The first-order valence-electron chi connectivity index (χ1n) is 9.89. The Morgan fingerprint density at radius 2 is 0.667 bits per heavy atom. The largest absolute Gasteiger partial charge is 0.110 e. The molecule has 0 saturated heterocycles. The molecule has 4 atom stereocenters. The molecule has 0 bridgehead atoms. The van der Waals surface area contributed by atoms with Gasteiger partial charge in [-0.1, -0.05) is 0 Å². The zero-order valence-corrected chi connectivity index (χ0v) is 21.1. The summed E-state index contributed by atoms with van der Waals surface area (Å²) in [5, 5.41) is 0. The van der Waals surface area contributed by atoms with Gasteiger partial charge in [-0.05, 0) is 126 Å². The summed E-state index contributed by atoms with van der Waals surface area (Å²) in [5.41, 5.74) is 4.34. The average Bonchev–Trinajstić information content (AvgIpc) is 3.08. The van der Waals surface area contributed by atoms with Crippen molar-refractivity contribution in [3.8, 4) is 0 Å². The van der Waals surface area contributed by atoms with E-state index in [0.29, 0.717) is 0 Å². The van der Waals surface area contributed by atoms with Gasteiger partial charge in [0.15, 0.2) is 0 Å². The molecular weight excluding hydrogens is 364 g/mol. The van der Waals surface area contributed by atoms with Crippen molar-refractivity contribution in [3.63, 3.8) is 0 Å². The summed E-state index contributed by atoms with van der Waals surface area (Å²) >= 11 is 0. The predicted molar refractivity (Wildman–Crippen MR) is 125 cm³/mol. The van der Waals surface area contributed by atoms with Crippen LogP contribution in [-0.4, -0.2) is 76.0 Å². The van der Waals surface area contributed by atoms with Crippen molar-refractivity contribution >= 4 is 31.7 Å². The third kappa shape index (κ3) is 5.16. The third-order valence-corrected chi connectivity index (χ3v) is 14.9. The Kier molecular flexibility index (Phi) is 8.97. The van der Waals surface area contributed by atoms with Crippen LogP contribution in [0.25, 0.3) is 0 Å². The van der Waals surface area contributed by atoms with E-state index in [1.54, 1.807) is 38.5 Å². The van der Waals surface area contributed by atoms with Gasteiger partial charge >= 0.3 is 0 Å². The van der Waals surface area contributed by atoms with Crippen molar-refractivity contribution in [2.75, 3.05) is 53.3 Å². The van der Waals surface area contributed by atoms with Crippen molar-refractivity contribution < 1.29 is 0 Å². The first-order valence-corrected chi connectivity index (χ1v) is 19.1. The summed E-state index contributed by atoms with van der Waals surface area (Å²) in [6, 6.07) is 0. The third-order valence-electron chi connectivity index (χ3n) is 6.98. The van der Waals surface area contributed by atoms with Gasteiger partial charge in [-0.15, -0.1) is 31.7 Å². The maximum atomic E-state index is 2.55. The predicted octanol–water partition coefficient (Wildman–Crippen LogP) is 7.03. The van der Waals surface area contributed by atoms with E-state index in [1.165, 1.54) is 0 Å². The number of hydrogen-bond acceptors (Lipinski definition) is 0. The highest BCUT2D eigenvalue weighted by molar-refractivity contribution is 7.58. The van der Waals surface area contributed by atoms with Crippen LogP contribution in [0.3, 0.4) is 0 Å². The number of rotatable bonds is 7. The molecule has 2 aliphatic carbocycles. The topological polar surface area (TPSA) is 0 Å². The molecule has 0 aromatic heterocycles. The summed E-state index contributed by atoms with van der Waals surface area (Å²) < 4.78 is 0. The van der Waals surface area contributed by atoms with E-state index >= 15 is 0 Å². The van der Waals surface area contributed by atoms with E-state index in [1.807, 2.05) is 0 Å². The molecule has 4 unspecified atom stereocenters. The van der Waals surface area contributed by atoms with E-state index in [2.05, 4.69) is 53.3 Å². The maximum Gasteiger partial charge on any atom is -0.0180 e. The standard InChI is InChI=1S/C20H42P4/c1-21(2)17-11-12-18(22(3)4)15(17)9-10-16-19(23(5)6)13-14-20(16)24(7)8/h15-20H,9-14H2,1-8H3. The second kappa shape index (κ2) is 9.78. The molecule has 0 radical (unpaired) electrons. The molecule has 142 valence electrons. The summed E-state index contributed by atoms with van der Waals surface area (Å²) in [4.78, 5) is 0. The SMILES string of the molecule is CP(C)C1CCC(P(C)C)C1CCC1C(P(C)C)CCC1P(C)C. The molecule has 0 aromatic carbocycles. The smallest absolute Gasteiger partial charge is 0.0180 e. The minimum absolute atomic E-state index is 0.255. The van der Waals surface area contributed by atoms with Gasteiger partial charge in [0.05, 0.1) is 0 Å². The van der Waals surface area contributed by atoms with Crippen LogP contribution in [0, 0.1) is 11.8 Å². The second-order valence-corrected chi connectivity index (χ2v) is 19.5. The van der Waals surface area contributed by atoms with Crippen molar-refractivity contribution in [2.24, 2.45) is 11.8 Å². The number of hydrogen-bond donors (Lipinski definition) is 0. The average molecular weight is 406 g/mol. The van der Waals surface area contributed by atoms with Crippen LogP contribution in [0.2, 0.25) is 0 Å². The van der Waals surface area contributed by atoms with Crippen molar-refractivity contribution in [3.05, 3.63) is 0 Å². The van der Waals surface area contributed by atoms with Gasteiger partial charge in [-0.2, -0.15) is 0 Å². The van der Waals surface area contributed by atoms with E-state index in [-0.39, 0.29) is 31.7 Å². The van der Waals surface area contributed by atoms with Crippen LogP contribution in [0.5, 0.6) is 0 Å². The van der Waals surface area contributed by atoms with Crippen LogP contribution in [0.15, 0.2) is 0 Å². The monoisotopic (exact) mass is 406 g/mol. The molecule has 0 aromatic rings. The normalized spacial score (nSPS) is 37.5. The van der Waals surface area contributed by atoms with Crippen LogP contribution < -0.4 is 0 Å². The van der Waals surface area contributed by atoms with Crippen molar-refractivity contribution in [1.82, 2.24) is 0 Å². The highest BCUT2D eigenvalue weighted by Crippen LogP contribution is 2.59. The molecule has 0 amide bonds. The van der Waals surface area contributed by atoms with Crippen molar-refractivity contribution in [1.29, 1.82) is 0 Å². The quantitative estimate of drug-likeness (QED) is 0.398. The fourth-order valence-corrected chi connectivity index (χ4v) is 13.2. The molecule has 2 fully saturated rings. The molecule has 2 aliphatic rings. The Labute approximate surface area is 158 Å². The Bertz CT molecular complexity index is 312. The molecule has 0 heterocycles. The Morgan fingerprint density at radius 1 is 0.458 bits per heavy atom. The molecule has 4 heteroatoms. The van der Waals surface area contributed by atoms with Crippen LogP contribution in [0.1, 0.15) is 38.5 Å². The summed E-state index contributed by atoms with van der Waals surface area (Å²) in [5.74, 6) is 2.16. The molecule has 2 saturated carbocycles. The van der Waals surface area contributed by atoms with E-state index < -0.39 is 0 Å². The lowest BCUT2D eigenvalue weighted by Gasteiger charge is -2.34. The van der Waals surface area contributed by atoms with E-state index in [9.17, 15) is 0 Å². The van der Waals surface area contributed by atoms with Crippen LogP contribution >= 0.6 is 31.7 Å². The Balaban J connectivity index is 2.07. The fraction of sp³-hybridized carbons (Fsp3) is 1.00. The van der Waals surface area contributed by atoms with Crippen LogP contribution in [0.4, 0.5) is 0 Å². The van der Waals surface area contributed by atoms with Gasteiger partial charge < -0.3 is 0 Å². The lowest BCUT2D eigenvalue weighted by atomic mass is 9.92. The maximum absolute atomic E-state index is 2.55. The lowest BCUT2D eigenvalue weighted by Crippen LogP contribution is -2.26. The minimum Gasteiger partial charge on any atom is -0.110 e. The summed E-state index contributed by atoms with van der Waals surface area (Å²) in [6.07, 6.45) is 9.34. The highest BCUT2D eigenvalue weighted by atomic mass is 31.1. The van der Waals surface area contributed by atoms with E-state index in [0.717, 1.165) is 34.5 Å². The first-order chi connectivity index (χ1) is 11.2. The zero-order chi connectivity index (χ0) is 18.0. The van der Waals surface area contributed by atoms with Gasteiger partial charge in [0.25, 0.3) is 0 Å². The molecule has 0 N–H and O–H groups in total. The Morgan fingerprint density at radius 3 is 0.833 bits per heavy atom. The van der Waals surface area contributed by atoms with E-state index in [4.69, 9.17) is 0 Å². The Hall–Kier alpha value is 1.72. The second-order valence-electron chi connectivity index (χ2n) is 9.18. The van der Waals surface area contributed by atoms with Crippen molar-refractivity contribution in [2.45, 2.75) is 61.2 Å². The van der Waals surface area contributed by atoms with Gasteiger partial charge in [0.2, 0.25) is 0 Å². The highest BCUT2D eigenvalue weighted by Gasteiger charge is 2.42. The zero-order valence-electron chi connectivity index (χ0n) is 17.5. The van der Waals surface area contributed by atoms with Gasteiger partial charge in [0, 0.05) is 0 Å². The first kappa shape index (κ1) is 22.0. The molecule has 0 nitrogen and oxygen atoms in total. The molecule has 24 heavy (non-hydrogen) atoms. The fourth-order valence-electron chi connectivity index (χ4n) is 5.77. The van der Waals surface area contributed by atoms with Gasteiger partial charge in [-0.25, -0.2) is 0 Å². The summed E-state index contributed by atoms with van der Waals surface area (Å²) in [6.45, 7) is 20.4. The molecular formula is C20H42P4. The molecule has 0 aliphatic heterocycles. The van der Waals surface area contributed by atoms with Crippen LogP contribution in [-0.2, 0) is 0 Å². The summed E-state index contributed by atoms with van der Waals surface area (Å²) in [7, 11) is 1.02. The minimum atomic E-state index is 0.255. The molecule has 2 rings (SSSR count). The molecule has 0 spiro atoms. The lowest BCUT2D eigenvalue weighted by molar-refractivity contribution is 0.415. The van der Waals surface area contributed by atoms with Gasteiger partial charge in [0.1, 0.15) is 0 Å². The van der Waals surface area contributed by atoms with Gasteiger partial charge in [-0.3, -0.25) is 0 Å².